The summed E-state index contributed by atoms with van der Waals surface area (Å²) in [6, 6.07) is 7.27. The van der Waals surface area contributed by atoms with Gasteiger partial charge in [0.05, 0.1) is 18.5 Å². The van der Waals surface area contributed by atoms with Gasteiger partial charge in [0.2, 0.25) is 11.6 Å². The number of anilines is 1. The number of amides is 1. The number of aryl methyl sites for hydroxylation is 1. The van der Waals surface area contributed by atoms with Crippen LogP contribution in [0.25, 0.3) is 5.82 Å². The molecule has 1 amide bonds. The third-order valence-corrected chi connectivity index (χ3v) is 5.30. The summed E-state index contributed by atoms with van der Waals surface area (Å²) in [5, 5.41) is 27.8. The van der Waals surface area contributed by atoms with Crippen LogP contribution < -0.4 is 15.9 Å². The van der Waals surface area contributed by atoms with E-state index in [9.17, 15) is 4.79 Å². The molecule has 0 atom stereocenters. The average Bonchev–Trinajstić information content (AvgIpc) is 3.53. The molecule has 0 spiro atoms. The van der Waals surface area contributed by atoms with Crippen molar-refractivity contribution in [2.24, 2.45) is 12.1 Å². The van der Waals surface area contributed by atoms with Crippen LogP contribution in [-0.2, 0) is 12.8 Å². The molecule has 15 heteroatoms. The number of thioether (sulfide) groups is 1. The molecule has 3 heterocycles. The predicted molar refractivity (Wildman–Crippen MR) is 117 cm³/mol. The molecule has 4 aromatic rings. The Balaban J connectivity index is 1.53. The highest BCUT2D eigenvalue weighted by Crippen LogP contribution is 2.24. The maximum atomic E-state index is 12.8. The maximum absolute atomic E-state index is 12.8. The van der Waals surface area contributed by atoms with Crippen LogP contribution in [0.5, 0.6) is 5.75 Å². The van der Waals surface area contributed by atoms with Gasteiger partial charge < -0.3 is 15.0 Å². The summed E-state index contributed by atoms with van der Waals surface area (Å²) < 4.78 is 13.1. The van der Waals surface area contributed by atoms with Gasteiger partial charge in [0.25, 0.3) is 5.91 Å². The Morgan fingerprint density at radius 2 is 2.12 bits per heavy atom. The van der Waals surface area contributed by atoms with Gasteiger partial charge in [-0.3, -0.25) is 4.79 Å². The molecule has 0 saturated carbocycles. The average molecular weight is 469 g/mol. The second-order valence-electron chi connectivity index (χ2n) is 6.48. The number of ether oxygens (including phenoxy) is 1. The minimum atomic E-state index is -0.563. The SMILES string of the molecule is CCOc1ccc(C=NNC(=O)c2nnn(-c3nonc3N)c2CSc2nncn2C)cc1. The standard InChI is InChI=1S/C18H19N11O3S/c1-3-31-12-6-4-11(5-7-12)8-20-23-17(30)14-13(9-33-18-24-21-10-28(18)2)29(27-22-14)16-15(19)25-32-26-16/h4-8,10H,3,9H2,1-2H3,(H2,19,25)(H,23,30). The molecule has 0 radical (unpaired) electrons. The molecule has 1 aromatic carbocycles. The zero-order chi connectivity index (χ0) is 23.2. The molecule has 0 aliphatic rings. The first-order chi connectivity index (χ1) is 16.1. The van der Waals surface area contributed by atoms with Crippen LogP contribution in [0.4, 0.5) is 5.82 Å². The van der Waals surface area contributed by atoms with Crippen molar-refractivity contribution < 1.29 is 14.2 Å². The Morgan fingerprint density at radius 3 is 2.79 bits per heavy atom. The molecule has 3 N–H and O–H groups in total. The summed E-state index contributed by atoms with van der Waals surface area (Å²) in [6.07, 6.45) is 3.08. The quantitative estimate of drug-likeness (QED) is 0.201. The molecule has 0 fully saturated rings. The van der Waals surface area contributed by atoms with E-state index in [0.29, 0.717) is 17.5 Å². The van der Waals surface area contributed by atoms with Gasteiger partial charge in [0, 0.05) is 12.8 Å². The molecule has 3 aromatic heterocycles. The lowest BCUT2D eigenvalue weighted by Gasteiger charge is -2.05. The molecule has 0 saturated heterocycles. The number of hydrogen-bond acceptors (Lipinski definition) is 12. The zero-order valence-corrected chi connectivity index (χ0v) is 18.4. The van der Waals surface area contributed by atoms with Gasteiger partial charge in [-0.1, -0.05) is 17.0 Å². The molecular formula is C18H19N11O3S. The summed E-state index contributed by atoms with van der Waals surface area (Å²) >= 11 is 1.32. The first-order valence-corrected chi connectivity index (χ1v) is 10.6. The number of hydrogen-bond donors (Lipinski definition) is 2. The highest BCUT2D eigenvalue weighted by molar-refractivity contribution is 7.98. The fourth-order valence-corrected chi connectivity index (χ4v) is 3.57. The first kappa shape index (κ1) is 21.9. The van der Waals surface area contributed by atoms with E-state index in [0.717, 1.165) is 11.3 Å². The van der Waals surface area contributed by atoms with Gasteiger partial charge in [0.15, 0.2) is 10.9 Å². The third-order valence-electron chi connectivity index (χ3n) is 4.25. The number of nitrogen functional groups attached to an aromatic ring is 1. The summed E-state index contributed by atoms with van der Waals surface area (Å²) in [6.45, 7) is 2.49. The van der Waals surface area contributed by atoms with E-state index in [4.69, 9.17) is 10.5 Å². The second kappa shape index (κ2) is 9.90. The lowest BCUT2D eigenvalue weighted by atomic mass is 10.2. The largest absolute Gasteiger partial charge is 0.494 e. The van der Waals surface area contributed by atoms with Crippen LogP contribution in [-0.4, -0.2) is 58.8 Å². The lowest BCUT2D eigenvalue weighted by Crippen LogP contribution is -2.20. The van der Waals surface area contributed by atoms with Gasteiger partial charge in [0.1, 0.15) is 12.1 Å². The smallest absolute Gasteiger partial charge is 0.293 e. The van der Waals surface area contributed by atoms with Crippen molar-refractivity contribution in [1.82, 2.24) is 45.5 Å². The number of benzene rings is 1. The molecule has 14 nitrogen and oxygen atoms in total. The number of nitrogens with zero attached hydrogens (tertiary/aromatic N) is 9. The number of carbonyl (C=O) groups is 1. The minimum absolute atomic E-state index is 0.00490. The topological polar surface area (TPSA) is 177 Å². The molecule has 4 rings (SSSR count). The Kier molecular flexibility index (Phi) is 6.58. The van der Waals surface area contributed by atoms with E-state index in [-0.39, 0.29) is 23.1 Å². The van der Waals surface area contributed by atoms with E-state index >= 15 is 0 Å². The van der Waals surface area contributed by atoms with Crippen LogP contribution in [0, 0.1) is 0 Å². The molecule has 0 aliphatic heterocycles. The monoisotopic (exact) mass is 469 g/mol. The van der Waals surface area contributed by atoms with Crippen LogP contribution in [0.15, 0.2) is 45.5 Å². The Bertz CT molecular complexity index is 1260. The van der Waals surface area contributed by atoms with Gasteiger partial charge in [-0.25, -0.2) is 10.1 Å². The van der Waals surface area contributed by atoms with Crippen molar-refractivity contribution in [3.05, 3.63) is 47.5 Å². The van der Waals surface area contributed by atoms with Gasteiger partial charge in [-0.15, -0.1) is 15.3 Å². The number of hydrazone groups is 1. The Hall–Kier alpha value is -4.27. The van der Waals surface area contributed by atoms with Crippen molar-refractivity contribution >= 4 is 29.7 Å². The number of carbonyl (C=O) groups excluding carboxylic acids is 1. The van der Waals surface area contributed by atoms with E-state index in [1.807, 2.05) is 31.2 Å². The number of aromatic nitrogens is 8. The molecular weight excluding hydrogens is 450 g/mol. The van der Waals surface area contributed by atoms with E-state index in [1.54, 1.807) is 17.9 Å². The normalized spacial score (nSPS) is 11.2. The van der Waals surface area contributed by atoms with Crippen LogP contribution in [0.1, 0.15) is 28.7 Å². The molecule has 33 heavy (non-hydrogen) atoms. The number of nitrogens with one attached hydrogen (secondary N) is 1. The van der Waals surface area contributed by atoms with Gasteiger partial charge in [-0.05, 0) is 47.1 Å². The summed E-state index contributed by atoms with van der Waals surface area (Å²) in [4.78, 5) is 12.8. The van der Waals surface area contributed by atoms with Crippen molar-refractivity contribution in [2.75, 3.05) is 12.3 Å². The van der Waals surface area contributed by atoms with Crippen LogP contribution in [0.3, 0.4) is 0 Å². The van der Waals surface area contributed by atoms with Crippen molar-refractivity contribution in [1.29, 1.82) is 0 Å². The Morgan fingerprint density at radius 1 is 1.30 bits per heavy atom. The fourth-order valence-electron chi connectivity index (χ4n) is 2.69. The highest BCUT2D eigenvalue weighted by Gasteiger charge is 2.24. The molecule has 0 aliphatic carbocycles. The van der Waals surface area contributed by atoms with Crippen molar-refractivity contribution in [2.45, 2.75) is 17.8 Å². The van der Waals surface area contributed by atoms with Crippen LogP contribution in [0.2, 0.25) is 0 Å². The molecule has 0 bridgehead atoms. The van der Waals surface area contributed by atoms with Crippen molar-refractivity contribution in [3.8, 4) is 11.6 Å². The maximum Gasteiger partial charge on any atom is 0.293 e. The Labute approximate surface area is 191 Å². The number of nitrogens with two attached hydrogens (primary N) is 1. The zero-order valence-electron chi connectivity index (χ0n) is 17.6. The van der Waals surface area contributed by atoms with Crippen molar-refractivity contribution in [3.63, 3.8) is 0 Å². The van der Waals surface area contributed by atoms with Gasteiger partial charge in [-0.2, -0.15) is 9.78 Å². The predicted octanol–water partition coefficient (Wildman–Crippen LogP) is 0.816. The fraction of sp³-hybridized carbons (Fsp3) is 0.222. The van der Waals surface area contributed by atoms with Gasteiger partial charge >= 0.3 is 0 Å². The lowest BCUT2D eigenvalue weighted by molar-refractivity contribution is 0.0949. The van der Waals surface area contributed by atoms with E-state index in [2.05, 4.69) is 46.0 Å². The summed E-state index contributed by atoms with van der Waals surface area (Å²) in [7, 11) is 1.81. The minimum Gasteiger partial charge on any atom is -0.494 e. The first-order valence-electron chi connectivity index (χ1n) is 9.62. The molecule has 170 valence electrons. The summed E-state index contributed by atoms with van der Waals surface area (Å²) in [5.41, 5.74) is 9.47. The summed E-state index contributed by atoms with van der Waals surface area (Å²) in [5.74, 6) is 0.573. The molecule has 0 unspecified atom stereocenters. The van der Waals surface area contributed by atoms with E-state index in [1.165, 1.54) is 22.7 Å². The highest BCUT2D eigenvalue weighted by atomic mass is 32.2. The number of rotatable bonds is 9. The van der Waals surface area contributed by atoms with Crippen LogP contribution >= 0.6 is 11.8 Å². The third kappa shape index (κ3) is 4.98. The second-order valence-corrected chi connectivity index (χ2v) is 7.43. The van der Waals surface area contributed by atoms with E-state index < -0.39 is 5.91 Å².